The molecule has 37 heavy (non-hydrogen) atoms. The van der Waals surface area contributed by atoms with E-state index in [1.807, 2.05) is 55.5 Å². The number of amides is 1. The molecule has 2 aromatic heterocycles. The number of methoxy groups -OCH3 is 1. The number of fused-ring (bicyclic) bond motifs is 1. The van der Waals surface area contributed by atoms with Gasteiger partial charge in [-0.25, -0.2) is 9.97 Å². The summed E-state index contributed by atoms with van der Waals surface area (Å²) in [6.07, 6.45) is 6.56. The molecule has 0 spiro atoms. The maximum Gasteiger partial charge on any atom is 0.246 e. The molecule has 190 valence electrons. The zero-order valence-corrected chi connectivity index (χ0v) is 20.5. The van der Waals surface area contributed by atoms with Gasteiger partial charge in [0.2, 0.25) is 17.8 Å². The zero-order chi connectivity index (χ0) is 26.2. The maximum absolute atomic E-state index is 11.9. The van der Waals surface area contributed by atoms with E-state index in [0.29, 0.717) is 28.6 Å². The second kappa shape index (κ2) is 11.9. The van der Waals surface area contributed by atoms with E-state index in [-0.39, 0.29) is 24.8 Å². The fourth-order valence-electron chi connectivity index (χ4n) is 3.61. The molecule has 0 aliphatic heterocycles. The molecule has 0 aliphatic rings. The van der Waals surface area contributed by atoms with Crippen molar-refractivity contribution in [2.75, 3.05) is 25.6 Å². The summed E-state index contributed by atoms with van der Waals surface area (Å²) in [5.41, 5.74) is 3.63. The minimum absolute atomic E-state index is 0.0284. The Morgan fingerprint density at radius 2 is 2.03 bits per heavy atom. The Labute approximate surface area is 213 Å². The SMILES string of the molecule is COCC(=O)NCC=Cc1ccc2ncnc(Nc3ccc(Oc4ccc(CO)[n+]([O-])c4)c(C)c3)c2c1. The van der Waals surface area contributed by atoms with E-state index in [9.17, 15) is 10.0 Å². The largest absolute Gasteiger partial charge is 0.618 e. The highest BCUT2D eigenvalue weighted by Gasteiger charge is 2.10. The van der Waals surface area contributed by atoms with Crippen molar-refractivity contribution in [1.29, 1.82) is 0 Å². The van der Waals surface area contributed by atoms with E-state index in [4.69, 9.17) is 14.6 Å². The van der Waals surface area contributed by atoms with Crippen molar-refractivity contribution in [3.63, 3.8) is 0 Å². The highest BCUT2D eigenvalue weighted by atomic mass is 16.5. The van der Waals surface area contributed by atoms with Crippen LogP contribution < -0.4 is 20.1 Å². The highest BCUT2D eigenvalue weighted by Crippen LogP contribution is 2.30. The van der Waals surface area contributed by atoms with Crippen molar-refractivity contribution < 1.29 is 24.1 Å². The summed E-state index contributed by atoms with van der Waals surface area (Å²) >= 11 is 0. The predicted molar refractivity (Wildman–Crippen MR) is 139 cm³/mol. The summed E-state index contributed by atoms with van der Waals surface area (Å²) < 4.78 is 11.2. The smallest absolute Gasteiger partial charge is 0.246 e. The first-order valence-electron chi connectivity index (χ1n) is 11.5. The number of nitrogens with zero attached hydrogens (tertiary/aromatic N) is 3. The molecule has 4 rings (SSSR count). The molecule has 0 saturated carbocycles. The molecule has 1 amide bonds. The van der Waals surface area contributed by atoms with Crippen molar-refractivity contribution in [2.45, 2.75) is 13.5 Å². The van der Waals surface area contributed by atoms with Crippen LogP contribution in [-0.4, -0.2) is 41.2 Å². The number of aliphatic hydroxyl groups excluding tert-OH is 1. The molecule has 4 aromatic rings. The molecule has 3 N–H and O–H groups in total. The third-order valence-electron chi connectivity index (χ3n) is 5.46. The summed E-state index contributed by atoms with van der Waals surface area (Å²) in [7, 11) is 1.48. The monoisotopic (exact) mass is 501 g/mol. The number of aryl methyl sites for hydroxylation is 1. The van der Waals surface area contributed by atoms with E-state index < -0.39 is 0 Å². The van der Waals surface area contributed by atoms with Gasteiger partial charge in [-0.3, -0.25) is 4.79 Å². The van der Waals surface area contributed by atoms with E-state index in [2.05, 4.69) is 20.6 Å². The molecule has 0 bridgehead atoms. The quantitative estimate of drug-likeness (QED) is 0.223. The van der Waals surface area contributed by atoms with Gasteiger partial charge in [0, 0.05) is 30.8 Å². The van der Waals surface area contributed by atoms with Crippen LogP contribution in [0.15, 0.2) is 67.1 Å². The first kappa shape index (κ1) is 25.5. The highest BCUT2D eigenvalue weighted by molar-refractivity contribution is 5.92. The average molecular weight is 502 g/mol. The second-order valence-electron chi connectivity index (χ2n) is 8.19. The van der Waals surface area contributed by atoms with Crippen LogP contribution in [0.5, 0.6) is 11.5 Å². The summed E-state index contributed by atoms with van der Waals surface area (Å²) in [5, 5.41) is 28.0. The molecule has 0 unspecified atom stereocenters. The van der Waals surface area contributed by atoms with Crippen LogP contribution in [0.4, 0.5) is 11.5 Å². The van der Waals surface area contributed by atoms with Gasteiger partial charge in [0.15, 0.2) is 5.75 Å². The fourth-order valence-corrected chi connectivity index (χ4v) is 3.61. The van der Waals surface area contributed by atoms with Gasteiger partial charge in [0.25, 0.3) is 0 Å². The van der Waals surface area contributed by atoms with Crippen LogP contribution in [0.3, 0.4) is 0 Å². The van der Waals surface area contributed by atoms with E-state index in [1.54, 1.807) is 6.07 Å². The number of benzene rings is 2. The Morgan fingerprint density at radius 1 is 1.16 bits per heavy atom. The van der Waals surface area contributed by atoms with Gasteiger partial charge >= 0.3 is 0 Å². The molecule has 0 radical (unpaired) electrons. The molecular formula is C27H27N5O5. The molecular weight excluding hydrogens is 474 g/mol. The minimum Gasteiger partial charge on any atom is -0.618 e. The lowest BCUT2D eigenvalue weighted by molar-refractivity contribution is -0.616. The summed E-state index contributed by atoms with van der Waals surface area (Å²) in [4.78, 5) is 20.3. The number of nitrogens with one attached hydrogen (secondary N) is 2. The van der Waals surface area contributed by atoms with Crippen molar-refractivity contribution in [1.82, 2.24) is 15.3 Å². The van der Waals surface area contributed by atoms with Crippen molar-refractivity contribution >= 4 is 34.4 Å². The minimum atomic E-state index is -0.341. The Balaban J connectivity index is 1.49. The Bertz CT molecular complexity index is 1440. The molecule has 10 nitrogen and oxygen atoms in total. The molecule has 0 saturated heterocycles. The second-order valence-corrected chi connectivity index (χ2v) is 8.19. The molecule has 2 heterocycles. The number of aromatic nitrogens is 3. The Kier molecular flexibility index (Phi) is 8.24. The van der Waals surface area contributed by atoms with Crippen LogP contribution in [0.1, 0.15) is 16.8 Å². The molecule has 10 heteroatoms. The zero-order valence-electron chi connectivity index (χ0n) is 20.5. The number of aliphatic hydroxyl groups is 1. The first-order valence-corrected chi connectivity index (χ1v) is 11.5. The van der Waals surface area contributed by atoms with Gasteiger partial charge in [-0.05, 0) is 54.4 Å². The van der Waals surface area contributed by atoms with Crippen LogP contribution in [-0.2, 0) is 16.1 Å². The van der Waals surface area contributed by atoms with E-state index >= 15 is 0 Å². The van der Waals surface area contributed by atoms with Gasteiger partial charge in [0.05, 0.1) is 5.52 Å². The van der Waals surface area contributed by atoms with Crippen LogP contribution in [0.25, 0.3) is 17.0 Å². The van der Waals surface area contributed by atoms with Gasteiger partial charge in [-0.15, -0.1) is 0 Å². The number of carbonyl (C=O) groups is 1. The molecule has 0 fully saturated rings. The number of pyridine rings is 1. The van der Waals surface area contributed by atoms with Crippen LogP contribution >= 0.6 is 0 Å². The average Bonchev–Trinajstić information content (AvgIpc) is 2.89. The lowest BCUT2D eigenvalue weighted by atomic mass is 10.1. The fraction of sp³-hybridized carbons (Fsp3) is 0.185. The number of carbonyl (C=O) groups excluding carboxylic acids is 1. The lowest BCUT2D eigenvalue weighted by Gasteiger charge is -2.13. The number of rotatable bonds is 10. The van der Waals surface area contributed by atoms with E-state index in [1.165, 1.54) is 25.7 Å². The van der Waals surface area contributed by atoms with Gasteiger partial charge in [-0.2, -0.15) is 4.73 Å². The summed E-state index contributed by atoms with van der Waals surface area (Å²) in [6, 6.07) is 14.6. The third kappa shape index (κ3) is 6.57. The number of anilines is 2. The number of ether oxygens (including phenoxy) is 2. The maximum atomic E-state index is 11.9. The standard InChI is InChI=1S/C27H27N5O5/c1-18-12-20(6-10-25(18)37-22-8-7-21(15-33)32(35)14-22)31-27-23-13-19(5-9-24(23)29-17-30-27)4-3-11-28-26(34)16-36-2/h3-10,12-14,17,33H,11,15-16H2,1-2H3,(H,28,34)(H,29,30,31). The van der Waals surface area contributed by atoms with Gasteiger partial charge < -0.3 is 30.4 Å². The topological polar surface area (TPSA) is 133 Å². The lowest BCUT2D eigenvalue weighted by Crippen LogP contribution is -2.31. The van der Waals surface area contributed by atoms with Crippen molar-refractivity contribution in [3.05, 3.63) is 89.2 Å². The molecule has 0 aliphatic carbocycles. The molecule has 2 aromatic carbocycles. The van der Waals surface area contributed by atoms with Gasteiger partial charge in [-0.1, -0.05) is 18.2 Å². The predicted octanol–water partition coefficient (Wildman–Crippen LogP) is 3.38. The third-order valence-corrected chi connectivity index (χ3v) is 5.46. The van der Waals surface area contributed by atoms with Crippen LogP contribution in [0.2, 0.25) is 0 Å². The van der Waals surface area contributed by atoms with Crippen molar-refractivity contribution in [3.8, 4) is 11.5 Å². The number of hydrogen-bond donors (Lipinski definition) is 3. The van der Waals surface area contributed by atoms with Crippen LogP contribution in [0, 0.1) is 12.1 Å². The summed E-state index contributed by atoms with van der Waals surface area (Å²) in [6.45, 7) is 1.98. The van der Waals surface area contributed by atoms with Gasteiger partial charge in [0.1, 0.15) is 31.1 Å². The van der Waals surface area contributed by atoms with Crippen molar-refractivity contribution in [2.24, 2.45) is 0 Å². The number of hydrogen-bond acceptors (Lipinski definition) is 8. The Hall–Kier alpha value is -4.54. The first-order chi connectivity index (χ1) is 18.0. The molecule has 0 atom stereocenters. The summed E-state index contributed by atoms with van der Waals surface area (Å²) in [5.74, 6) is 1.44. The normalized spacial score (nSPS) is 11.1. The van der Waals surface area contributed by atoms with E-state index in [0.717, 1.165) is 27.7 Å². The Morgan fingerprint density at radius 3 is 2.78 bits per heavy atom.